The Hall–Kier alpha value is -3.41. The third-order valence-corrected chi connectivity index (χ3v) is 5.08. The summed E-state index contributed by atoms with van der Waals surface area (Å²) in [6.45, 7) is 0.630. The van der Waals surface area contributed by atoms with Gasteiger partial charge in [0, 0.05) is 26.0 Å². The summed E-state index contributed by atoms with van der Waals surface area (Å²) in [5, 5.41) is 2.87. The minimum atomic E-state index is -0.184. The molecule has 3 aromatic rings. The second-order valence-corrected chi connectivity index (χ2v) is 6.67. The zero-order chi connectivity index (χ0) is 19.5. The van der Waals surface area contributed by atoms with Gasteiger partial charge in [-0.1, -0.05) is 36.4 Å². The summed E-state index contributed by atoms with van der Waals surface area (Å²) in [7, 11) is 3.40. The van der Waals surface area contributed by atoms with E-state index in [9.17, 15) is 4.79 Å². The lowest BCUT2D eigenvalue weighted by atomic mass is 9.87. The minimum absolute atomic E-state index is 0.0787. The van der Waals surface area contributed by atoms with E-state index in [0.29, 0.717) is 18.1 Å². The lowest BCUT2D eigenvalue weighted by Crippen LogP contribution is -2.40. The standard InChI is InChI=1S/C22H22N4O2/c1-23-22-24-13-17(14-25-22)21(27)26-11-10-15-6-3-4-9-19(15)20(26)16-7-5-8-18(12-16)28-2/h3-9,12-14,20H,10-11H2,1-2H3,(H,23,24,25)/t20-/m1/s1. The normalized spacial score (nSPS) is 15.6. The van der Waals surface area contributed by atoms with Crippen LogP contribution in [0.4, 0.5) is 5.95 Å². The number of nitrogens with one attached hydrogen (secondary N) is 1. The van der Waals surface area contributed by atoms with Gasteiger partial charge in [-0.05, 0) is 35.2 Å². The first kappa shape index (κ1) is 18.0. The van der Waals surface area contributed by atoms with Crippen LogP contribution in [0.15, 0.2) is 60.9 Å². The lowest BCUT2D eigenvalue weighted by molar-refractivity contribution is 0.0693. The van der Waals surface area contributed by atoms with Gasteiger partial charge in [0.1, 0.15) is 5.75 Å². The number of aromatic nitrogens is 2. The van der Waals surface area contributed by atoms with Crippen molar-refractivity contribution in [2.24, 2.45) is 0 Å². The zero-order valence-electron chi connectivity index (χ0n) is 15.9. The molecule has 1 N–H and O–H groups in total. The number of hydrogen-bond acceptors (Lipinski definition) is 5. The Labute approximate surface area is 164 Å². The number of benzene rings is 2. The fourth-order valence-corrected chi connectivity index (χ4v) is 3.69. The van der Waals surface area contributed by atoms with Crippen molar-refractivity contribution in [3.05, 3.63) is 83.2 Å². The molecule has 2 aromatic carbocycles. The molecule has 2 heterocycles. The maximum atomic E-state index is 13.3. The molecule has 1 aliphatic heterocycles. The molecular weight excluding hydrogens is 352 g/mol. The van der Waals surface area contributed by atoms with E-state index in [1.807, 2.05) is 41.3 Å². The molecule has 1 aromatic heterocycles. The fraction of sp³-hybridized carbons (Fsp3) is 0.227. The van der Waals surface area contributed by atoms with Crippen LogP contribution >= 0.6 is 0 Å². The van der Waals surface area contributed by atoms with Crippen molar-refractivity contribution in [3.63, 3.8) is 0 Å². The SMILES string of the molecule is CNc1ncc(C(=O)N2CCc3ccccc3[C@H]2c2cccc(OC)c2)cn1. The summed E-state index contributed by atoms with van der Waals surface area (Å²) >= 11 is 0. The number of ether oxygens (including phenoxy) is 1. The molecule has 0 fully saturated rings. The molecule has 1 amide bonds. The average Bonchev–Trinajstić information content (AvgIpc) is 2.78. The van der Waals surface area contributed by atoms with Crippen molar-refractivity contribution >= 4 is 11.9 Å². The number of hydrogen-bond donors (Lipinski definition) is 1. The second kappa shape index (κ2) is 7.68. The van der Waals surface area contributed by atoms with Crippen LogP contribution in [0.3, 0.4) is 0 Å². The quantitative estimate of drug-likeness (QED) is 0.759. The molecule has 0 aliphatic carbocycles. The van der Waals surface area contributed by atoms with Gasteiger partial charge in [-0.25, -0.2) is 9.97 Å². The average molecular weight is 374 g/mol. The molecule has 142 valence electrons. The van der Waals surface area contributed by atoms with Crippen LogP contribution < -0.4 is 10.1 Å². The number of rotatable bonds is 4. The first-order valence-corrected chi connectivity index (χ1v) is 9.24. The third kappa shape index (κ3) is 3.29. The number of fused-ring (bicyclic) bond motifs is 1. The Kier molecular flexibility index (Phi) is 4.93. The van der Waals surface area contributed by atoms with Gasteiger partial charge < -0.3 is 15.0 Å². The van der Waals surface area contributed by atoms with Gasteiger partial charge >= 0.3 is 0 Å². The van der Waals surface area contributed by atoms with Gasteiger partial charge in [-0.3, -0.25) is 4.79 Å². The lowest BCUT2D eigenvalue weighted by Gasteiger charge is -2.37. The number of carbonyl (C=O) groups is 1. The van der Waals surface area contributed by atoms with Gasteiger partial charge in [-0.15, -0.1) is 0 Å². The van der Waals surface area contributed by atoms with Crippen molar-refractivity contribution in [1.82, 2.24) is 14.9 Å². The van der Waals surface area contributed by atoms with E-state index in [0.717, 1.165) is 23.3 Å². The summed E-state index contributed by atoms with van der Waals surface area (Å²) in [6, 6.07) is 16.0. The van der Waals surface area contributed by atoms with Crippen LogP contribution in [-0.2, 0) is 6.42 Å². The predicted molar refractivity (Wildman–Crippen MR) is 108 cm³/mol. The van der Waals surface area contributed by atoms with Crippen molar-refractivity contribution in [2.75, 3.05) is 26.0 Å². The molecular formula is C22H22N4O2. The van der Waals surface area contributed by atoms with Crippen LogP contribution in [0.2, 0.25) is 0 Å². The molecule has 0 saturated carbocycles. The molecule has 0 unspecified atom stereocenters. The number of anilines is 1. The zero-order valence-corrected chi connectivity index (χ0v) is 15.9. The number of carbonyl (C=O) groups excluding carboxylic acids is 1. The molecule has 1 atom stereocenters. The van der Waals surface area contributed by atoms with Crippen molar-refractivity contribution < 1.29 is 9.53 Å². The van der Waals surface area contributed by atoms with E-state index in [2.05, 4.69) is 27.4 Å². The summed E-state index contributed by atoms with van der Waals surface area (Å²) < 4.78 is 5.41. The van der Waals surface area contributed by atoms with Gasteiger partial charge in [0.05, 0.1) is 18.7 Å². The second-order valence-electron chi connectivity index (χ2n) is 6.67. The molecule has 0 saturated heterocycles. The van der Waals surface area contributed by atoms with E-state index in [-0.39, 0.29) is 11.9 Å². The maximum Gasteiger partial charge on any atom is 0.257 e. The van der Waals surface area contributed by atoms with Crippen LogP contribution in [0.5, 0.6) is 5.75 Å². The molecule has 1 aliphatic rings. The summed E-state index contributed by atoms with van der Waals surface area (Å²) in [5.41, 5.74) is 3.91. The smallest absolute Gasteiger partial charge is 0.257 e. The van der Waals surface area contributed by atoms with Crippen molar-refractivity contribution in [1.29, 1.82) is 0 Å². The Bertz CT molecular complexity index is 988. The van der Waals surface area contributed by atoms with Crippen LogP contribution in [0, 0.1) is 0 Å². The van der Waals surface area contributed by atoms with E-state index >= 15 is 0 Å². The Morgan fingerprint density at radius 2 is 1.93 bits per heavy atom. The third-order valence-electron chi connectivity index (χ3n) is 5.08. The number of methoxy groups -OCH3 is 1. The van der Waals surface area contributed by atoms with Gasteiger partial charge in [0.25, 0.3) is 5.91 Å². The fourth-order valence-electron chi connectivity index (χ4n) is 3.69. The summed E-state index contributed by atoms with van der Waals surface area (Å²) in [5.74, 6) is 1.18. The molecule has 0 bridgehead atoms. The predicted octanol–water partition coefficient (Wildman–Crippen LogP) is 3.31. The molecule has 0 spiro atoms. The highest BCUT2D eigenvalue weighted by molar-refractivity contribution is 5.94. The van der Waals surface area contributed by atoms with E-state index in [1.165, 1.54) is 5.56 Å². The van der Waals surface area contributed by atoms with Gasteiger partial charge in [0.15, 0.2) is 0 Å². The molecule has 6 heteroatoms. The topological polar surface area (TPSA) is 67.4 Å². The highest BCUT2D eigenvalue weighted by Gasteiger charge is 2.32. The largest absolute Gasteiger partial charge is 0.497 e. The first-order chi connectivity index (χ1) is 13.7. The van der Waals surface area contributed by atoms with Gasteiger partial charge in [0.2, 0.25) is 5.95 Å². The van der Waals surface area contributed by atoms with E-state index in [4.69, 9.17) is 4.74 Å². The molecule has 6 nitrogen and oxygen atoms in total. The summed E-state index contributed by atoms with van der Waals surface area (Å²) in [4.78, 5) is 23.6. The summed E-state index contributed by atoms with van der Waals surface area (Å²) in [6.07, 6.45) is 3.96. The maximum absolute atomic E-state index is 13.3. The molecule has 0 radical (unpaired) electrons. The Morgan fingerprint density at radius 3 is 2.68 bits per heavy atom. The first-order valence-electron chi connectivity index (χ1n) is 9.24. The van der Waals surface area contributed by atoms with Crippen molar-refractivity contribution in [3.8, 4) is 5.75 Å². The molecule has 28 heavy (non-hydrogen) atoms. The highest BCUT2D eigenvalue weighted by atomic mass is 16.5. The minimum Gasteiger partial charge on any atom is -0.497 e. The van der Waals surface area contributed by atoms with Crippen molar-refractivity contribution in [2.45, 2.75) is 12.5 Å². The Balaban J connectivity index is 1.77. The Morgan fingerprint density at radius 1 is 1.14 bits per heavy atom. The number of amides is 1. The van der Waals surface area contributed by atoms with E-state index < -0.39 is 0 Å². The highest BCUT2D eigenvalue weighted by Crippen LogP contribution is 2.37. The van der Waals surface area contributed by atoms with Crippen LogP contribution in [0.25, 0.3) is 0 Å². The monoisotopic (exact) mass is 374 g/mol. The molecule has 4 rings (SSSR count). The van der Waals surface area contributed by atoms with Crippen LogP contribution in [-0.4, -0.2) is 41.5 Å². The van der Waals surface area contributed by atoms with Crippen LogP contribution in [0.1, 0.15) is 33.1 Å². The van der Waals surface area contributed by atoms with Gasteiger partial charge in [-0.2, -0.15) is 0 Å². The number of nitrogens with zero attached hydrogens (tertiary/aromatic N) is 3. The van der Waals surface area contributed by atoms with E-state index in [1.54, 1.807) is 26.6 Å².